The summed E-state index contributed by atoms with van der Waals surface area (Å²) in [5, 5.41) is 13.2. The number of amides is 1. The topological polar surface area (TPSA) is 153 Å². The van der Waals surface area contributed by atoms with Gasteiger partial charge in [-0.05, 0) is 69.2 Å². The van der Waals surface area contributed by atoms with Crippen LogP contribution in [0, 0.1) is 11.3 Å². The third kappa shape index (κ3) is 6.49. The first kappa shape index (κ1) is 30.5. The fourth-order valence-electron chi connectivity index (χ4n) is 5.48. The average molecular weight is 597 g/mol. The average Bonchev–Trinajstić information content (AvgIpc) is 3.60. The summed E-state index contributed by atoms with van der Waals surface area (Å²) in [6, 6.07) is 18.3. The van der Waals surface area contributed by atoms with Gasteiger partial charge in [-0.2, -0.15) is 5.26 Å². The maximum Gasteiger partial charge on any atom is 0.335 e. The van der Waals surface area contributed by atoms with Gasteiger partial charge < -0.3 is 25.4 Å². The van der Waals surface area contributed by atoms with E-state index < -0.39 is 5.54 Å². The summed E-state index contributed by atoms with van der Waals surface area (Å²) in [6.45, 7) is 5.53. The van der Waals surface area contributed by atoms with E-state index in [4.69, 9.17) is 15.2 Å². The molecule has 12 nitrogen and oxygen atoms in total. The van der Waals surface area contributed by atoms with E-state index in [1.54, 1.807) is 42.4 Å². The summed E-state index contributed by atoms with van der Waals surface area (Å²) < 4.78 is 14.0. The van der Waals surface area contributed by atoms with Crippen LogP contribution < -0.4 is 21.5 Å². The van der Waals surface area contributed by atoms with Crippen molar-refractivity contribution in [2.45, 2.75) is 44.8 Å². The quantitative estimate of drug-likeness (QED) is 0.151. The van der Waals surface area contributed by atoms with Crippen molar-refractivity contribution >= 4 is 22.9 Å². The molecular weight excluding hydrogens is 560 g/mol. The first-order valence-corrected chi connectivity index (χ1v) is 14.5. The second-order valence-electron chi connectivity index (χ2n) is 11.2. The molecule has 2 aromatic heterocycles. The van der Waals surface area contributed by atoms with Gasteiger partial charge in [0, 0.05) is 32.3 Å². The summed E-state index contributed by atoms with van der Waals surface area (Å²) in [4.78, 5) is 37.8. The number of hydrogen-bond acceptors (Lipinski definition) is 9. The number of rotatable bonds is 11. The molecule has 0 saturated carbocycles. The highest BCUT2D eigenvalue weighted by molar-refractivity contribution is 5.97. The van der Waals surface area contributed by atoms with Gasteiger partial charge in [0.05, 0.1) is 18.3 Å². The number of para-hydroxylation sites is 1. The molecule has 228 valence electrons. The molecule has 1 saturated heterocycles. The lowest BCUT2D eigenvalue weighted by atomic mass is 10.0. The standard InChI is InChI=1S/C32H36N8O4/c1-32(2,37-15-17-43-3)18-22(19-33)30(41)38-16-7-8-24(38)20-39-29-27(28(34)35-21-36-29)40(31(39)42)23-11-13-26(14-12-23)44-25-9-5-4-6-10-25/h4-6,9-14,18,21,24,37H,7-8,15-17,20H2,1-3H3,(H2,34,35,36)/t24-/m0/s1. The summed E-state index contributed by atoms with van der Waals surface area (Å²) in [6.07, 6.45) is 4.39. The van der Waals surface area contributed by atoms with Crippen molar-refractivity contribution in [2.24, 2.45) is 0 Å². The number of methoxy groups -OCH3 is 1. The summed E-state index contributed by atoms with van der Waals surface area (Å²) in [7, 11) is 1.61. The number of ether oxygens (including phenoxy) is 2. The molecule has 3 N–H and O–H groups in total. The molecule has 0 spiro atoms. The Morgan fingerprint density at radius 1 is 1.16 bits per heavy atom. The summed E-state index contributed by atoms with van der Waals surface area (Å²) in [5.41, 5.74) is 6.68. The Morgan fingerprint density at radius 3 is 2.59 bits per heavy atom. The van der Waals surface area contributed by atoms with Gasteiger partial charge in [-0.3, -0.25) is 13.9 Å². The molecule has 1 aliphatic rings. The molecule has 44 heavy (non-hydrogen) atoms. The fraction of sp³-hybridized carbons (Fsp3) is 0.344. The minimum Gasteiger partial charge on any atom is -0.457 e. The van der Waals surface area contributed by atoms with Crippen molar-refractivity contribution in [1.29, 1.82) is 5.26 Å². The van der Waals surface area contributed by atoms with Gasteiger partial charge in [-0.15, -0.1) is 0 Å². The lowest BCUT2D eigenvalue weighted by molar-refractivity contribution is -0.127. The minimum absolute atomic E-state index is 0.0472. The van der Waals surface area contributed by atoms with Crippen molar-refractivity contribution in [1.82, 2.24) is 29.3 Å². The van der Waals surface area contributed by atoms with Crippen molar-refractivity contribution in [3.8, 4) is 23.3 Å². The van der Waals surface area contributed by atoms with Crippen LogP contribution in [0.3, 0.4) is 0 Å². The van der Waals surface area contributed by atoms with Crippen molar-refractivity contribution < 1.29 is 14.3 Å². The van der Waals surface area contributed by atoms with Crippen molar-refractivity contribution in [2.75, 3.05) is 32.5 Å². The third-order valence-corrected chi connectivity index (χ3v) is 7.58. The van der Waals surface area contributed by atoms with Gasteiger partial charge in [0.15, 0.2) is 11.5 Å². The maximum absolute atomic E-state index is 14.0. The number of nitrogens with two attached hydrogens (primary N) is 1. The monoisotopic (exact) mass is 596 g/mol. The van der Waals surface area contributed by atoms with E-state index in [0.717, 1.165) is 6.42 Å². The maximum atomic E-state index is 14.0. The Morgan fingerprint density at radius 2 is 1.89 bits per heavy atom. The molecule has 2 aromatic carbocycles. The van der Waals surface area contributed by atoms with Crippen LogP contribution >= 0.6 is 0 Å². The molecule has 1 atom stereocenters. The Labute approximate surface area is 255 Å². The van der Waals surface area contributed by atoms with Gasteiger partial charge in [0.2, 0.25) is 0 Å². The number of hydrogen-bond donors (Lipinski definition) is 2. The number of imidazole rings is 1. The molecule has 0 radical (unpaired) electrons. The molecule has 1 fully saturated rings. The predicted molar refractivity (Wildman–Crippen MR) is 166 cm³/mol. The Balaban J connectivity index is 1.43. The highest BCUT2D eigenvalue weighted by Crippen LogP contribution is 2.27. The van der Waals surface area contributed by atoms with Crippen LogP contribution in [-0.4, -0.2) is 68.3 Å². The van der Waals surface area contributed by atoms with E-state index >= 15 is 0 Å². The van der Waals surface area contributed by atoms with Gasteiger partial charge >= 0.3 is 5.69 Å². The van der Waals surface area contributed by atoms with Crippen LogP contribution in [0.2, 0.25) is 0 Å². The molecule has 0 unspecified atom stereocenters. The van der Waals surface area contributed by atoms with E-state index in [9.17, 15) is 14.9 Å². The number of benzene rings is 2. The highest BCUT2D eigenvalue weighted by Gasteiger charge is 2.33. The molecule has 0 bridgehead atoms. The van der Waals surface area contributed by atoms with E-state index in [-0.39, 0.29) is 35.6 Å². The summed E-state index contributed by atoms with van der Waals surface area (Å²) in [5.74, 6) is 1.10. The van der Waals surface area contributed by atoms with Gasteiger partial charge in [-0.1, -0.05) is 18.2 Å². The Kier molecular flexibility index (Phi) is 9.08. The molecule has 1 aliphatic heterocycles. The van der Waals surface area contributed by atoms with Crippen LogP contribution in [0.25, 0.3) is 16.9 Å². The fourth-order valence-corrected chi connectivity index (χ4v) is 5.48. The number of nitrogens with zero attached hydrogens (tertiary/aromatic N) is 6. The number of carbonyl (C=O) groups is 1. The normalized spacial score (nSPS) is 15.5. The third-order valence-electron chi connectivity index (χ3n) is 7.58. The molecule has 4 aromatic rings. The second-order valence-corrected chi connectivity index (χ2v) is 11.2. The first-order valence-electron chi connectivity index (χ1n) is 14.5. The molecule has 3 heterocycles. The Hall–Kier alpha value is -4.99. The zero-order valence-corrected chi connectivity index (χ0v) is 25.1. The van der Waals surface area contributed by atoms with E-state index in [1.165, 1.54) is 15.5 Å². The Bertz CT molecular complexity index is 1750. The number of aromatic nitrogens is 4. The number of nitrogens with one attached hydrogen (secondary N) is 1. The van der Waals surface area contributed by atoms with Crippen LogP contribution in [0.15, 0.2) is 77.4 Å². The number of carbonyl (C=O) groups excluding carboxylic acids is 1. The first-order chi connectivity index (χ1) is 21.2. The van der Waals surface area contributed by atoms with Crippen LogP contribution in [0.4, 0.5) is 5.82 Å². The number of nitriles is 1. The molecular formula is C32H36N8O4. The van der Waals surface area contributed by atoms with Crippen molar-refractivity contribution in [3.05, 3.63) is 83.1 Å². The largest absolute Gasteiger partial charge is 0.457 e. The lowest BCUT2D eigenvalue weighted by Gasteiger charge is -2.27. The SMILES string of the molecule is COCCNC(C)(C)C=C(C#N)C(=O)N1CCC[C@H]1Cn1c(=O)n(-c2ccc(Oc3ccccc3)cc2)c2c(N)ncnc21. The number of anilines is 1. The van der Waals surface area contributed by atoms with Gasteiger partial charge in [0.1, 0.15) is 35.0 Å². The smallest absolute Gasteiger partial charge is 0.335 e. The number of nitrogen functional groups attached to an aromatic ring is 1. The second kappa shape index (κ2) is 13.1. The predicted octanol–water partition coefficient (Wildman–Crippen LogP) is 3.41. The van der Waals surface area contributed by atoms with Gasteiger partial charge in [-0.25, -0.2) is 14.8 Å². The molecule has 0 aliphatic carbocycles. The highest BCUT2D eigenvalue weighted by atomic mass is 16.5. The van der Waals surface area contributed by atoms with Gasteiger partial charge in [0.25, 0.3) is 5.91 Å². The number of likely N-dealkylation sites (tertiary alicyclic amines) is 1. The van der Waals surface area contributed by atoms with Crippen LogP contribution in [0.1, 0.15) is 26.7 Å². The minimum atomic E-state index is -0.602. The molecule has 12 heteroatoms. The molecule has 5 rings (SSSR count). The zero-order chi connectivity index (χ0) is 31.3. The van der Waals surface area contributed by atoms with Crippen LogP contribution in [0.5, 0.6) is 11.5 Å². The van der Waals surface area contributed by atoms with E-state index in [0.29, 0.717) is 54.5 Å². The van der Waals surface area contributed by atoms with E-state index in [1.807, 2.05) is 44.2 Å². The lowest BCUT2D eigenvalue weighted by Crippen LogP contribution is -2.43. The number of fused-ring (bicyclic) bond motifs is 1. The molecule has 1 amide bonds. The summed E-state index contributed by atoms with van der Waals surface area (Å²) >= 11 is 0. The van der Waals surface area contributed by atoms with Crippen molar-refractivity contribution in [3.63, 3.8) is 0 Å². The van der Waals surface area contributed by atoms with E-state index in [2.05, 4.69) is 21.4 Å². The zero-order valence-electron chi connectivity index (χ0n) is 25.1. The van der Waals surface area contributed by atoms with Crippen LogP contribution in [-0.2, 0) is 16.1 Å².